The number of hydrogen-bond acceptors (Lipinski definition) is 4. The summed E-state index contributed by atoms with van der Waals surface area (Å²) in [5.74, 6) is 0.194. The van der Waals surface area contributed by atoms with Crippen molar-refractivity contribution in [3.8, 4) is 5.75 Å². The Kier molecular flexibility index (Phi) is 6.05. The molecule has 2 rings (SSSR count). The van der Waals surface area contributed by atoms with Crippen molar-refractivity contribution >= 4 is 21.6 Å². The van der Waals surface area contributed by atoms with E-state index in [0.29, 0.717) is 22.6 Å². The molecule has 2 aromatic rings. The standard InChI is InChI=1S/C19H24N2O4S/c1-12-6-7-13(2)16(8-12)21-19(22)11-20-26(23,24)18-10-14(3)17(25-5)9-15(18)4/h6-10,20H,11H2,1-5H3,(H,21,22). The lowest BCUT2D eigenvalue weighted by atomic mass is 10.1. The molecule has 6 nitrogen and oxygen atoms in total. The fraction of sp³-hybridized carbons (Fsp3) is 0.316. The molecule has 2 aromatic carbocycles. The Hall–Kier alpha value is -2.38. The summed E-state index contributed by atoms with van der Waals surface area (Å²) in [6.07, 6.45) is 0. The molecule has 0 heterocycles. The molecule has 26 heavy (non-hydrogen) atoms. The number of nitrogens with one attached hydrogen (secondary N) is 2. The number of methoxy groups -OCH3 is 1. The molecule has 0 bridgehead atoms. The van der Waals surface area contributed by atoms with Gasteiger partial charge in [-0.1, -0.05) is 12.1 Å². The normalized spacial score (nSPS) is 11.3. The summed E-state index contributed by atoms with van der Waals surface area (Å²) in [5, 5.41) is 2.73. The van der Waals surface area contributed by atoms with Crippen LogP contribution in [0.3, 0.4) is 0 Å². The maximum absolute atomic E-state index is 12.6. The van der Waals surface area contributed by atoms with E-state index in [0.717, 1.165) is 11.1 Å². The number of sulfonamides is 1. The minimum absolute atomic E-state index is 0.135. The van der Waals surface area contributed by atoms with Gasteiger partial charge in [-0.3, -0.25) is 4.79 Å². The minimum atomic E-state index is -3.81. The summed E-state index contributed by atoms with van der Waals surface area (Å²) in [7, 11) is -2.28. The highest BCUT2D eigenvalue weighted by molar-refractivity contribution is 7.89. The van der Waals surface area contributed by atoms with Gasteiger partial charge in [0, 0.05) is 5.69 Å². The lowest BCUT2D eigenvalue weighted by Crippen LogP contribution is -2.33. The number of rotatable bonds is 6. The van der Waals surface area contributed by atoms with E-state index in [9.17, 15) is 13.2 Å². The minimum Gasteiger partial charge on any atom is -0.496 e. The van der Waals surface area contributed by atoms with Crippen LogP contribution in [-0.2, 0) is 14.8 Å². The van der Waals surface area contributed by atoms with Gasteiger partial charge in [0.05, 0.1) is 18.6 Å². The van der Waals surface area contributed by atoms with Crippen LogP contribution in [-0.4, -0.2) is 28.0 Å². The van der Waals surface area contributed by atoms with Gasteiger partial charge in [-0.25, -0.2) is 13.1 Å². The van der Waals surface area contributed by atoms with Gasteiger partial charge in [0.25, 0.3) is 0 Å². The van der Waals surface area contributed by atoms with Gasteiger partial charge in [0.1, 0.15) is 5.75 Å². The van der Waals surface area contributed by atoms with Crippen molar-refractivity contribution in [1.29, 1.82) is 0 Å². The first-order chi connectivity index (χ1) is 12.1. The largest absolute Gasteiger partial charge is 0.496 e. The number of amides is 1. The van der Waals surface area contributed by atoms with Crippen LogP contribution in [0.25, 0.3) is 0 Å². The maximum atomic E-state index is 12.6. The lowest BCUT2D eigenvalue weighted by Gasteiger charge is -2.13. The van der Waals surface area contributed by atoms with Crippen LogP contribution in [0.4, 0.5) is 5.69 Å². The van der Waals surface area contributed by atoms with Crippen LogP contribution < -0.4 is 14.8 Å². The van der Waals surface area contributed by atoms with Gasteiger partial charge in [0.2, 0.25) is 15.9 Å². The second-order valence-corrected chi connectivity index (χ2v) is 8.01. The molecule has 0 aliphatic rings. The van der Waals surface area contributed by atoms with E-state index >= 15 is 0 Å². The second-order valence-electron chi connectivity index (χ2n) is 6.28. The van der Waals surface area contributed by atoms with Crippen molar-refractivity contribution in [2.24, 2.45) is 0 Å². The number of carbonyl (C=O) groups excluding carboxylic acids is 1. The molecule has 0 atom stereocenters. The molecule has 1 amide bonds. The quantitative estimate of drug-likeness (QED) is 0.812. The molecule has 0 aliphatic heterocycles. The van der Waals surface area contributed by atoms with Crippen molar-refractivity contribution in [3.63, 3.8) is 0 Å². The molecule has 0 fully saturated rings. The zero-order valence-corrected chi connectivity index (χ0v) is 16.5. The molecule has 140 valence electrons. The van der Waals surface area contributed by atoms with E-state index in [4.69, 9.17) is 4.74 Å². The summed E-state index contributed by atoms with van der Waals surface area (Å²) in [5.41, 5.74) is 3.85. The zero-order chi connectivity index (χ0) is 19.5. The van der Waals surface area contributed by atoms with Gasteiger partial charge >= 0.3 is 0 Å². The van der Waals surface area contributed by atoms with Crippen LogP contribution in [0.2, 0.25) is 0 Å². The number of ether oxygens (including phenoxy) is 1. The number of aryl methyl sites for hydroxylation is 4. The summed E-state index contributed by atoms with van der Waals surface area (Å²) >= 11 is 0. The molecule has 0 aliphatic carbocycles. The molecule has 7 heteroatoms. The number of benzene rings is 2. The van der Waals surface area contributed by atoms with Crippen LogP contribution >= 0.6 is 0 Å². The van der Waals surface area contributed by atoms with Crippen molar-refractivity contribution in [2.45, 2.75) is 32.6 Å². The Morgan fingerprint density at radius 3 is 2.35 bits per heavy atom. The van der Waals surface area contributed by atoms with Gasteiger partial charge in [0.15, 0.2) is 0 Å². The molecule has 0 saturated heterocycles. The van der Waals surface area contributed by atoms with Crippen LogP contribution in [0.15, 0.2) is 35.2 Å². The van der Waals surface area contributed by atoms with E-state index in [1.54, 1.807) is 26.0 Å². The van der Waals surface area contributed by atoms with E-state index in [2.05, 4.69) is 10.0 Å². The molecule has 2 N–H and O–H groups in total. The summed E-state index contributed by atoms with van der Waals surface area (Å²) in [6, 6.07) is 8.90. The Morgan fingerprint density at radius 2 is 1.69 bits per heavy atom. The third-order valence-corrected chi connectivity index (χ3v) is 5.62. The average Bonchev–Trinajstić information content (AvgIpc) is 2.58. The number of carbonyl (C=O) groups is 1. The van der Waals surface area contributed by atoms with Gasteiger partial charge < -0.3 is 10.1 Å². The Bertz CT molecular complexity index is 937. The Balaban J connectivity index is 2.12. The fourth-order valence-electron chi connectivity index (χ4n) is 2.58. The van der Waals surface area contributed by atoms with Crippen LogP contribution in [0, 0.1) is 27.7 Å². The predicted molar refractivity (Wildman–Crippen MR) is 102 cm³/mol. The summed E-state index contributed by atoms with van der Waals surface area (Å²) in [4.78, 5) is 12.3. The third-order valence-electron chi connectivity index (χ3n) is 4.07. The van der Waals surface area contributed by atoms with Crippen molar-refractivity contribution < 1.29 is 17.9 Å². The SMILES string of the molecule is COc1cc(C)c(S(=O)(=O)NCC(=O)Nc2cc(C)ccc2C)cc1C. The highest BCUT2D eigenvalue weighted by atomic mass is 32.2. The molecule has 0 saturated carbocycles. The predicted octanol–water partition coefficient (Wildman–Crippen LogP) is 2.85. The maximum Gasteiger partial charge on any atom is 0.241 e. The first-order valence-corrected chi connectivity index (χ1v) is 9.64. The van der Waals surface area contributed by atoms with Gasteiger partial charge in [-0.05, 0) is 68.1 Å². The topological polar surface area (TPSA) is 84.5 Å². The monoisotopic (exact) mass is 376 g/mol. The first kappa shape index (κ1) is 19.9. The Morgan fingerprint density at radius 1 is 1.00 bits per heavy atom. The third kappa shape index (κ3) is 4.62. The van der Waals surface area contributed by atoms with Crippen molar-refractivity contribution in [3.05, 3.63) is 52.6 Å². The van der Waals surface area contributed by atoms with Gasteiger partial charge in [-0.2, -0.15) is 0 Å². The summed E-state index contributed by atoms with van der Waals surface area (Å²) < 4.78 is 32.7. The number of anilines is 1. The molecule has 0 radical (unpaired) electrons. The zero-order valence-electron chi connectivity index (χ0n) is 15.6. The van der Waals surface area contributed by atoms with Crippen molar-refractivity contribution in [1.82, 2.24) is 4.72 Å². The van der Waals surface area contributed by atoms with Crippen LogP contribution in [0.5, 0.6) is 5.75 Å². The first-order valence-electron chi connectivity index (χ1n) is 8.16. The molecule has 0 unspecified atom stereocenters. The number of hydrogen-bond donors (Lipinski definition) is 2. The average molecular weight is 376 g/mol. The highest BCUT2D eigenvalue weighted by Crippen LogP contribution is 2.25. The van der Waals surface area contributed by atoms with E-state index < -0.39 is 15.9 Å². The van der Waals surface area contributed by atoms with E-state index in [1.807, 2.05) is 32.0 Å². The highest BCUT2D eigenvalue weighted by Gasteiger charge is 2.20. The fourth-order valence-corrected chi connectivity index (χ4v) is 3.87. The molecule has 0 aromatic heterocycles. The van der Waals surface area contributed by atoms with E-state index in [1.165, 1.54) is 7.11 Å². The second kappa shape index (κ2) is 7.88. The molecular weight excluding hydrogens is 352 g/mol. The lowest BCUT2D eigenvalue weighted by molar-refractivity contribution is -0.115. The van der Waals surface area contributed by atoms with Gasteiger partial charge in [-0.15, -0.1) is 0 Å². The smallest absolute Gasteiger partial charge is 0.241 e. The van der Waals surface area contributed by atoms with Crippen LogP contribution in [0.1, 0.15) is 22.3 Å². The molecular formula is C19H24N2O4S. The Labute approximate surface area is 154 Å². The summed E-state index contributed by atoms with van der Waals surface area (Å²) in [6.45, 7) is 6.91. The van der Waals surface area contributed by atoms with Crippen molar-refractivity contribution in [2.75, 3.05) is 19.0 Å². The molecule has 0 spiro atoms. The van der Waals surface area contributed by atoms with E-state index in [-0.39, 0.29) is 11.4 Å².